The van der Waals surface area contributed by atoms with Crippen LogP contribution in [-0.2, 0) is 4.79 Å². The minimum absolute atomic E-state index is 0.0130. The normalized spacial score (nSPS) is 10.8. The molecule has 26 heavy (non-hydrogen) atoms. The summed E-state index contributed by atoms with van der Waals surface area (Å²) < 4.78 is 24.3. The van der Waals surface area contributed by atoms with Gasteiger partial charge in [0.25, 0.3) is 5.91 Å². The molecule has 0 atom stereocenters. The van der Waals surface area contributed by atoms with Crippen LogP contribution in [0.5, 0.6) is 11.5 Å². The number of carbonyl (C=O) groups is 1. The van der Waals surface area contributed by atoms with E-state index in [0.29, 0.717) is 23.7 Å². The molecule has 0 saturated heterocycles. The Kier molecular flexibility index (Phi) is 6.59. The van der Waals surface area contributed by atoms with Gasteiger partial charge < -0.3 is 14.8 Å². The molecule has 0 aromatic heterocycles. The number of nitrogens with zero attached hydrogens (tertiary/aromatic N) is 1. The van der Waals surface area contributed by atoms with Crippen LogP contribution in [0, 0.1) is 17.1 Å². The van der Waals surface area contributed by atoms with E-state index in [4.69, 9.17) is 21.1 Å². The molecule has 0 unspecified atom stereocenters. The topological polar surface area (TPSA) is 71.3 Å². The van der Waals surface area contributed by atoms with E-state index in [1.165, 1.54) is 31.4 Å². The molecule has 0 aliphatic rings. The summed E-state index contributed by atoms with van der Waals surface area (Å²) in [5.41, 5.74) is 0.243. The highest BCUT2D eigenvalue weighted by molar-refractivity contribution is 6.32. The Morgan fingerprint density at radius 2 is 2.12 bits per heavy atom. The molecule has 0 spiro atoms. The van der Waals surface area contributed by atoms with Gasteiger partial charge in [0, 0.05) is 0 Å². The first-order valence-corrected chi connectivity index (χ1v) is 8.06. The summed E-state index contributed by atoms with van der Waals surface area (Å²) in [6, 6.07) is 10.6. The molecule has 0 bridgehead atoms. The average molecular weight is 375 g/mol. The number of nitriles is 1. The first-order chi connectivity index (χ1) is 12.5. The first kappa shape index (κ1) is 19.3. The van der Waals surface area contributed by atoms with Crippen LogP contribution >= 0.6 is 11.6 Å². The number of benzene rings is 2. The molecule has 5 nitrogen and oxygen atoms in total. The number of methoxy groups -OCH3 is 1. The molecule has 2 rings (SSSR count). The maximum absolute atomic E-state index is 13.6. The van der Waals surface area contributed by atoms with Crippen molar-refractivity contribution in [1.82, 2.24) is 0 Å². The Bertz CT molecular complexity index is 891. The molecule has 2 aromatic rings. The molecule has 0 radical (unpaired) electrons. The second-order valence-electron chi connectivity index (χ2n) is 5.07. The predicted molar refractivity (Wildman–Crippen MR) is 97.8 cm³/mol. The first-order valence-electron chi connectivity index (χ1n) is 7.68. The minimum atomic E-state index is -0.735. The summed E-state index contributed by atoms with van der Waals surface area (Å²) in [6.07, 6.45) is 1.33. The van der Waals surface area contributed by atoms with E-state index in [1.807, 2.05) is 6.92 Å². The second-order valence-corrected chi connectivity index (χ2v) is 5.48. The van der Waals surface area contributed by atoms with E-state index in [1.54, 1.807) is 24.3 Å². The van der Waals surface area contributed by atoms with Crippen LogP contribution in [-0.4, -0.2) is 19.6 Å². The molecule has 1 N–H and O–H groups in total. The van der Waals surface area contributed by atoms with Gasteiger partial charge in [0.1, 0.15) is 17.5 Å². The van der Waals surface area contributed by atoms with Gasteiger partial charge in [-0.25, -0.2) is 4.39 Å². The fraction of sp³-hybridized carbons (Fsp3) is 0.158. The van der Waals surface area contributed by atoms with Gasteiger partial charge in [0.15, 0.2) is 11.5 Å². The van der Waals surface area contributed by atoms with Crippen LogP contribution < -0.4 is 14.8 Å². The van der Waals surface area contributed by atoms with Crippen molar-refractivity contribution in [1.29, 1.82) is 5.26 Å². The molecule has 1 amide bonds. The van der Waals surface area contributed by atoms with E-state index >= 15 is 0 Å². The van der Waals surface area contributed by atoms with E-state index in [9.17, 15) is 14.4 Å². The van der Waals surface area contributed by atoms with E-state index in [0.717, 1.165) is 0 Å². The molecule has 0 heterocycles. The van der Waals surface area contributed by atoms with Crippen LogP contribution in [0.3, 0.4) is 0 Å². The zero-order valence-corrected chi connectivity index (χ0v) is 14.9. The molecule has 7 heteroatoms. The minimum Gasteiger partial charge on any atom is -0.493 e. The number of halogens is 2. The second kappa shape index (κ2) is 8.88. The molecular formula is C19H16ClFN2O3. The van der Waals surface area contributed by atoms with Gasteiger partial charge in [0.05, 0.1) is 24.4 Å². The van der Waals surface area contributed by atoms with Gasteiger partial charge in [0.2, 0.25) is 0 Å². The third-order valence-corrected chi connectivity index (χ3v) is 3.62. The highest BCUT2D eigenvalue weighted by atomic mass is 35.5. The molecule has 0 aliphatic heterocycles. The van der Waals surface area contributed by atoms with Gasteiger partial charge in [-0.05, 0) is 42.8 Å². The lowest BCUT2D eigenvalue weighted by Gasteiger charge is -2.12. The summed E-state index contributed by atoms with van der Waals surface area (Å²) >= 11 is 6.18. The fourth-order valence-corrected chi connectivity index (χ4v) is 2.45. The number of hydrogen-bond acceptors (Lipinski definition) is 4. The molecule has 0 aliphatic carbocycles. The van der Waals surface area contributed by atoms with Gasteiger partial charge >= 0.3 is 0 Å². The number of rotatable bonds is 6. The van der Waals surface area contributed by atoms with Crippen molar-refractivity contribution in [2.75, 3.05) is 19.0 Å². The zero-order chi connectivity index (χ0) is 19.1. The lowest BCUT2D eigenvalue weighted by Crippen LogP contribution is -2.14. The summed E-state index contributed by atoms with van der Waals surface area (Å²) in [5.74, 6) is -0.578. The Labute approximate surface area is 155 Å². The van der Waals surface area contributed by atoms with E-state index in [2.05, 4.69) is 5.32 Å². The average Bonchev–Trinajstić information content (AvgIpc) is 2.63. The molecular weight excluding hydrogens is 359 g/mol. The predicted octanol–water partition coefficient (Wildman–Crippen LogP) is 4.43. The van der Waals surface area contributed by atoms with Crippen molar-refractivity contribution in [3.05, 3.63) is 58.4 Å². The molecule has 134 valence electrons. The summed E-state index contributed by atoms with van der Waals surface area (Å²) in [7, 11) is 1.46. The number of carbonyl (C=O) groups excluding carboxylic acids is 1. The van der Waals surface area contributed by atoms with E-state index < -0.39 is 11.7 Å². The third kappa shape index (κ3) is 4.52. The third-order valence-electron chi connectivity index (χ3n) is 3.34. The highest BCUT2D eigenvalue weighted by Gasteiger charge is 2.15. The largest absolute Gasteiger partial charge is 0.493 e. The van der Waals surface area contributed by atoms with Gasteiger partial charge in [-0.2, -0.15) is 5.26 Å². The molecule has 0 saturated carbocycles. The summed E-state index contributed by atoms with van der Waals surface area (Å²) in [5, 5.41) is 11.9. The van der Waals surface area contributed by atoms with Crippen LogP contribution in [0.4, 0.5) is 10.1 Å². The van der Waals surface area contributed by atoms with Crippen LogP contribution in [0.1, 0.15) is 12.5 Å². The summed E-state index contributed by atoms with van der Waals surface area (Å²) in [6.45, 7) is 2.21. The number of hydrogen-bond donors (Lipinski definition) is 1. The maximum Gasteiger partial charge on any atom is 0.266 e. The van der Waals surface area contributed by atoms with E-state index in [-0.39, 0.29) is 16.3 Å². The monoisotopic (exact) mass is 374 g/mol. The number of para-hydroxylation sites is 1. The van der Waals surface area contributed by atoms with Crippen molar-refractivity contribution < 1.29 is 18.7 Å². The smallest absolute Gasteiger partial charge is 0.266 e. The maximum atomic E-state index is 13.6. The number of anilines is 1. The van der Waals surface area contributed by atoms with Crippen molar-refractivity contribution in [3.8, 4) is 17.6 Å². The van der Waals surface area contributed by atoms with Crippen LogP contribution in [0.25, 0.3) is 6.08 Å². The number of amides is 1. The van der Waals surface area contributed by atoms with Crippen LogP contribution in [0.15, 0.2) is 42.0 Å². The van der Waals surface area contributed by atoms with Gasteiger partial charge in [-0.1, -0.05) is 23.7 Å². The highest BCUT2D eigenvalue weighted by Crippen LogP contribution is 2.37. The van der Waals surface area contributed by atoms with Crippen molar-refractivity contribution in [2.24, 2.45) is 0 Å². The lowest BCUT2D eigenvalue weighted by atomic mass is 10.1. The summed E-state index contributed by atoms with van der Waals surface area (Å²) in [4.78, 5) is 12.3. The lowest BCUT2D eigenvalue weighted by molar-refractivity contribution is -0.112. The van der Waals surface area contributed by atoms with Crippen molar-refractivity contribution in [3.63, 3.8) is 0 Å². The Hall–Kier alpha value is -3.04. The SMILES string of the molecule is CCOc1c(Cl)cc(/C=C(/C#N)C(=O)Nc2ccccc2F)cc1OC. The van der Waals surface area contributed by atoms with Gasteiger partial charge in [-0.3, -0.25) is 4.79 Å². The van der Waals surface area contributed by atoms with Crippen molar-refractivity contribution in [2.45, 2.75) is 6.92 Å². The zero-order valence-electron chi connectivity index (χ0n) is 14.2. The Morgan fingerprint density at radius 3 is 2.73 bits per heavy atom. The standard InChI is InChI=1S/C19H16ClFN2O3/c1-3-26-18-14(20)9-12(10-17(18)25-2)8-13(11-22)19(24)23-16-7-5-4-6-15(16)21/h4-10H,3H2,1-2H3,(H,23,24)/b13-8-. The van der Waals surface area contributed by atoms with Crippen molar-refractivity contribution >= 4 is 29.3 Å². The molecule has 0 fully saturated rings. The molecule has 2 aromatic carbocycles. The fourth-order valence-electron chi connectivity index (χ4n) is 2.18. The Morgan fingerprint density at radius 1 is 1.38 bits per heavy atom. The van der Waals surface area contributed by atoms with Gasteiger partial charge in [-0.15, -0.1) is 0 Å². The Balaban J connectivity index is 2.34. The number of nitrogens with one attached hydrogen (secondary N) is 1. The number of ether oxygens (including phenoxy) is 2. The van der Waals surface area contributed by atoms with Crippen LogP contribution in [0.2, 0.25) is 5.02 Å². The quantitative estimate of drug-likeness (QED) is 0.599.